The van der Waals surface area contributed by atoms with Crippen molar-refractivity contribution in [1.29, 1.82) is 0 Å². The summed E-state index contributed by atoms with van der Waals surface area (Å²) in [5.41, 5.74) is 1.91. The van der Waals surface area contributed by atoms with Gasteiger partial charge in [0.05, 0.1) is 5.52 Å². The molecule has 0 saturated carbocycles. The van der Waals surface area contributed by atoms with Crippen LogP contribution in [0.2, 0.25) is 5.02 Å². The Kier molecular flexibility index (Phi) is 4.25. The van der Waals surface area contributed by atoms with Gasteiger partial charge >= 0.3 is 0 Å². The summed E-state index contributed by atoms with van der Waals surface area (Å²) in [5, 5.41) is 5.13. The van der Waals surface area contributed by atoms with Gasteiger partial charge in [-0.2, -0.15) is 0 Å². The molecule has 2 aromatic rings. The van der Waals surface area contributed by atoms with Gasteiger partial charge in [-0.05, 0) is 37.1 Å². The van der Waals surface area contributed by atoms with Crippen molar-refractivity contribution in [1.82, 2.24) is 9.88 Å². The number of aromatic nitrogens is 1. The first-order chi connectivity index (χ1) is 10.2. The maximum atomic E-state index is 11.8. The monoisotopic (exact) mass is 303 g/mol. The van der Waals surface area contributed by atoms with Crippen LogP contribution >= 0.6 is 11.6 Å². The molecule has 3 rings (SSSR count). The molecule has 110 valence electrons. The van der Waals surface area contributed by atoms with Gasteiger partial charge in [0.25, 0.3) is 0 Å². The number of nitrogens with one attached hydrogen (secondary N) is 1. The number of nitrogens with zero attached hydrogens (tertiary/aromatic N) is 2. The van der Waals surface area contributed by atoms with E-state index in [1.165, 1.54) is 0 Å². The second kappa shape index (κ2) is 6.31. The topological polar surface area (TPSA) is 45.2 Å². The van der Waals surface area contributed by atoms with E-state index in [2.05, 4.69) is 10.3 Å². The molecular weight excluding hydrogens is 286 g/mol. The molecule has 0 unspecified atom stereocenters. The van der Waals surface area contributed by atoms with Crippen LogP contribution < -0.4 is 5.32 Å². The molecule has 1 aliphatic heterocycles. The van der Waals surface area contributed by atoms with Gasteiger partial charge in [-0.25, -0.2) is 0 Å². The average molecular weight is 304 g/mol. The van der Waals surface area contributed by atoms with Gasteiger partial charge in [0.15, 0.2) is 0 Å². The minimum Gasteiger partial charge on any atom is -0.383 e. The van der Waals surface area contributed by atoms with E-state index in [1.807, 2.05) is 29.2 Å². The van der Waals surface area contributed by atoms with E-state index < -0.39 is 0 Å². The summed E-state index contributed by atoms with van der Waals surface area (Å²) in [5.74, 6) is 0.273. The Morgan fingerprint density at radius 1 is 1.29 bits per heavy atom. The van der Waals surface area contributed by atoms with Crippen molar-refractivity contribution in [2.45, 2.75) is 19.3 Å². The summed E-state index contributed by atoms with van der Waals surface area (Å²) in [4.78, 5) is 18.0. The molecule has 1 aromatic heterocycles. The molecule has 1 fully saturated rings. The minimum atomic E-state index is 0.273. The van der Waals surface area contributed by atoms with Crippen LogP contribution in [0.4, 0.5) is 5.69 Å². The van der Waals surface area contributed by atoms with Gasteiger partial charge in [0.1, 0.15) is 0 Å². The van der Waals surface area contributed by atoms with Crippen molar-refractivity contribution in [2.24, 2.45) is 0 Å². The van der Waals surface area contributed by atoms with Crippen LogP contribution in [0.5, 0.6) is 0 Å². The molecule has 0 aliphatic carbocycles. The van der Waals surface area contributed by atoms with Gasteiger partial charge in [-0.3, -0.25) is 9.78 Å². The summed E-state index contributed by atoms with van der Waals surface area (Å²) in [7, 11) is 0. The van der Waals surface area contributed by atoms with Crippen LogP contribution in [0, 0.1) is 0 Å². The molecule has 1 aromatic carbocycles. The maximum Gasteiger partial charge on any atom is 0.222 e. The van der Waals surface area contributed by atoms with Crippen molar-refractivity contribution < 1.29 is 4.79 Å². The number of piperidine rings is 1. The summed E-state index contributed by atoms with van der Waals surface area (Å²) >= 11 is 5.99. The number of halogens is 1. The Bertz CT molecular complexity index is 659. The molecule has 0 spiro atoms. The normalized spacial score (nSPS) is 15.5. The van der Waals surface area contributed by atoms with Crippen LogP contribution in [0.15, 0.2) is 30.5 Å². The first-order valence-electron chi connectivity index (χ1n) is 7.30. The number of benzene rings is 1. The molecule has 21 heavy (non-hydrogen) atoms. The number of rotatable bonds is 4. The third kappa shape index (κ3) is 3.27. The standard InChI is InChI=1S/C16H18ClN3O/c17-12-4-5-13-14(6-7-18-15(13)11-12)19-8-10-20-9-2-1-3-16(20)21/h4-7,11H,1-3,8-10H2,(H,18,19). The highest BCUT2D eigenvalue weighted by molar-refractivity contribution is 6.31. The second-order valence-electron chi connectivity index (χ2n) is 5.28. The first-order valence-corrected chi connectivity index (χ1v) is 7.68. The number of amides is 1. The molecule has 2 heterocycles. The lowest BCUT2D eigenvalue weighted by molar-refractivity contribution is -0.133. The predicted octanol–water partition coefficient (Wildman–Crippen LogP) is 3.31. The number of fused-ring (bicyclic) bond motifs is 1. The fourth-order valence-corrected chi connectivity index (χ4v) is 2.87. The minimum absolute atomic E-state index is 0.273. The Morgan fingerprint density at radius 2 is 2.19 bits per heavy atom. The number of hydrogen-bond donors (Lipinski definition) is 1. The van der Waals surface area contributed by atoms with Crippen molar-refractivity contribution >= 4 is 34.1 Å². The van der Waals surface area contributed by atoms with E-state index >= 15 is 0 Å². The fraction of sp³-hybridized carbons (Fsp3) is 0.375. The van der Waals surface area contributed by atoms with Gasteiger partial charge < -0.3 is 10.2 Å². The average Bonchev–Trinajstić information content (AvgIpc) is 2.49. The molecule has 0 atom stereocenters. The highest BCUT2D eigenvalue weighted by Gasteiger charge is 2.17. The first kappa shape index (κ1) is 14.1. The number of carbonyl (C=O) groups is 1. The van der Waals surface area contributed by atoms with E-state index in [4.69, 9.17) is 11.6 Å². The van der Waals surface area contributed by atoms with Crippen LogP contribution in [-0.2, 0) is 4.79 Å². The van der Waals surface area contributed by atoms with E-state index in [-0.39, 0.29) is 5.91 Å². The smallest absolute Gasteiger partial charge is 0.222 e. The van der Waals surface area contributed by atoms with Gasteiger partial charge in [-0.15, -0.1) is 0 Å². The van der Waals surface area contributed by atoms with Crippen molar-refractivity contribution in [2.75, 3.05) is 25.0 Å². The summed E-state index contributed by atoms with van der Waals surface area (Å²) in [6.45, 7) is 2.37. The third-order valence-corrected chi connectivity index (χ3v) is 4.06. The van der Waals surface area contributed by atoms with E-state index in [9.17, 15) is 4.79 Å². The SMILES string of the molecule is O=C1CCCCN1CCNc1ccnc2cc(Cl)ccc12. The summed E-state index contributed by atoms with van der Waals surface area (Å²) in [6.07, 6.45) is 4.60. The number of hydrogen-bond acceptors (Lipinski definition) is 3. The quantitative estimate of drug-likeness (QED) is 0.942. The zero-order valence-corrected chi connectivity index (χ0v) is 12.6. The van der Waals surface area contributed by atoms with Gasteiger partial charge in [0, 0.05) is 48.3 Å². The van der Waals surface area contributed by atoms with Crippen LogP contribution in [0.25, 0.3) is 10.9 Å². The molecule has 1 aliphatic rings. The number of pyridine rings is 1. The maximum absolute atomic E-state index is 11.8. The second-order valence-corrected chi connectivity index (χ2v) is 5.72. The Hall–Kier alpha value is -1.81. The fourth-order valence-electron chi connectivity index (χ4n) is 2.70. The molecular formula is C16H18ClN3O. The number of likely N-dealkylation sites (tertiary alicyclic amines) is 1. The molecule has 0 bridgehead atoms. The van der Waals surface area contributed by atoms with Crippen molar-refractivity contribution in [3.8, 4) is 0 Å². The Balaban J connectivity index is 1.66. The van der Waals surface area contributed by atoms with Crippen LogP contribution in [0.1, 0.15) is 19.3 Å². The molecule has 1 amide bonds. The highest BCUT2D eigenvalue weighted by atomic mass is 35.5. The zero-order valence-electron chi connectivity index (χ0n) is 11.8. The lowest BCUT2D eigenvalue weighted by atomic mass is 10.1. The lowest BCUT2D eigenvalue weighted by Gasteiger charge is -2.27. The van der Waals surface area contributed by atoms with Crippen LogP contribution in [-0.4, -0.2) is 35.4 Å². The van der Waals surface area contributed by atoms with Crippen molar-refractivity contribution in [3.05, 3.63) is 35.5 Å². The Morgan fingerprint density at radius 3 is 3.05 bits per heavy atom. The van der Waals surface area contributed by atoms with Gasteiger partial charge in [0.2, 0.25) is 5.91 Å². The molecule has 1 N–H and O–H groups in total. The van der Waals surface area contributed by atoms with E-state index in [0.717, 1.165) is 49.1 Å². The predicted molar refractivity (Wildman–Crippen MR) is 85.7 cm³/mol. The Labute approximate surface area is 129 Å². The molecule has 5 heteroatoms. The third-order valence-electron chi connectivity index (χ3n) is 3.82. The van der Waals surface area contributed by atoms with E-state index in [1.54, 1.807) is 6.20 Å². The lowest BCUT2D eigenvalue weighted by Crippen LogP contribution is -2.38. The highest BCUT2D eigenvalue weighted by Crippen LogP contribution is 2.24. The summed E-state index contributed by atoms with van der Waals surface area (Å²) in [6, 6.07) is 7.65. The van der Waals surface area contributed by atoms with Crippen molar-refractivity contribution in [3.63, 3.8) is 0 Å². The number of anilines is 1. The number of carbonyl (C=O) groups excluding carboxylic acids is 1. The molecule has 0 radical (unpaired) electrons. The van der Waals surface area contributed by atoms with Crippen LogP contribution in [0.3, 0.4) is 0 Å². The van der Waals surface area contributed by atoms with Gasteiger partial charge in [-0.1, -0.05) is 11.6 Å². The largest absolute Gasteiger partial charge is 0.383 e. The van der Waals surface area contributed by atoms with E-state index in [0.29, 0.717) is 11.4 Å². The molecule has 4 nitrogen and oxygen atoms in total. The molecule has 1 saturated heterocycles. The summed E-state index contributed by atoms with van der Waals surface area (Å²) < 4.78 is 0. The zero-order chi connectivity index (χ0) is 14.7.